The minimum atomic E-state index is -0.141. The van der Waals surface area contributed by atoms with Gasteiger partial charge >= 0.3 is 0 Å². The van der Waals surface area contributed by atoms with Crippen LogP contribution < -0.4 is 5.73 Å². The summed E-state index contributed by atoms with van der Waals surface area (Å²) < 4.78 is 0. The number of likely N-dealkylation sites (tertiary alicyclic amines) is 1. The van der Waals surface area contributed by atoms with Crippen LogP contribution in [0.3, 0.4) is 0 Å². The first kappa shape index (κ1) is 18.6. The maximum absolute atomic E-state index is 13.2. The average Bonchev–Trinajstić information content (AvgIpc) is 3.47. The van der Waals surface area contributed by atoms with Crippen LogP contribution in [-0.2, 0) is 9.59 Å². The van der Waals surface area contributed by atoms with Crippen LogP contribution in [0.2, 0.25) is 0 Å². The SMILES string of the molecule is CC(=O)N1C[C@@H](N)CC[C@@H](C(=O)N(C/C=C/c2ccccc2)C2CC2)C1. The second-order valence-corrected chi connectivity index (χ2v) is 7.49. The maximum atomic E-state index is 13.2. The van der Waals surface area contributed by atoms with Crippen molar-refractivity contribution in [2.45, 2.75) is 44.7 Å². The number of benzene rings is 1. The van der Waals surface area contributed by atoms with Crippen molar-refractivity contribution >= 4 is 17.9 Å². The van der Waals surface area contributed by atoms with Crippen molar-refractivity contribution in [3.63, 3.8) is 0 Å². The summed E-state index contributed by atoms with van der Waals surface area (Å²) >= 11 is 0. The van der Waals surface area contributed by atoms with Gasteiger partial charge in [-0.25, -0.2) is 0 Å². The van der Waals surface area contributed by atoms with E-state index >= 15 is 0 Å². The Kier molecular flexibility index (Phi) is 6.09. The average molecular weight is 355 g/mol. The highest BCUT2D eigenvalue weighted by atomic mass is 16.2. The number of carbonyl (C=O) groups excluding carboxylic acids is 2. The normalized spacial score (nSPS) is 23.7. The summed E-state index contributed by atoms with van der Waals surface area (Å²) in [6, 6.07) is 10.4. The van der Waals surface area contributed by atoms with E-state index in [-0.39, 0.29) is 23.8 Å². The van der Waals surface area contributed by atoms with Crippen LogP contribution in [0.1, 0.15) is 38.2 Å². The molecule has 5 nitrogen and oxygen atoms in total. The number of hydrogen-bond acceptors (Lipinski definition) is 3. The molecule has 0 unspecified atom stereocenters. The first-order valence-corrected chi connectivity index (χ1v) is 9.57. The molecule has 2 fully saturated rings. The molecule has 0 spiro atoms. The molecule has 1 heterocycles. The zero-order chi connectivity index (χ0) is 18.5. The molecule has 2 N–H and O–H groups in total. The van der Waals surface area contributed by atoms with Crippen molar-refractivity contribution in [1.82, 2.24) is 9.80 Å². The molecule has 2 aliphatic rings. The van der Waals surface area contributed by atoms with Gasteiger partial charge in [0.25, 0.3) is 0 Å². The first-order chi connectivity index (χ1) is 12.5. The lowest BCUT2D eigenvalue weighted by molar-refractivity contribution is -0.137. The van der Waals surface area contributed by atoms with Gasteiger partial charge in [-0.3, -0.25) is 9.59 Å². The van der Waals surface area contributed by atoms with E-state index in [1.807, 2.05) is 23.1 Å². The minimum Gasteiger partial charge on any atom is -0.341 e. The van der Waals surface area contributed by atoms with Crippen LogP contribution >= 0.6 is 0 Å². The summed E-state index contributed by atoms with van der Waals surface area (Å²) in [6.07, 6.45) is 7.83. The van der Waals surface area contributed by atoms with Gasteiger partial charge in [0.15, 0.2) is 0 Å². The molecular weight excluding hydrogens is 326 g/mol. The molecule has 0 radical (unpaired) electrons. The second-order valence-electron chi connectivity index (χ2n) is 7.49. The molecule has 2 atom stereocenters. The Morgan fingerprint density at radius 3 is 2.54 bits per heavy atom. The molecule has 1 aromatic carbocycles. The number of carbonyl (C=O) groups is 2. The predicted molar refractivity (Wildman–Crippen MR) is 103 cm³/mol. The van der Waals surface area contributed by atoms with Crippen LogP contribution in [0, 0.1) is 5.92 Å². The molecule has 1 aromatic rings. The standard InChI is InChI=1S/C21H29N3O2/c1-16(25)23-14-18(9-10-19(22)15-23)21(26)24(20-11-12-20)13-5-8-17-6-3-2-4-7-17/h2-8,18-20H,9-15,22H2,1H3/b8-5+/t18-,19+/m1/s1. The molecule has 1 saturated carbocycles. The van der Waals surface area contributed by atoms with Crippen molar-refractivity contribution < 1.29 is 9.59 Å². The Labute approximate surface area is 155 Å². The van der Waals surface area contributed by atoms with Gasteiger partial charge in [-0.2, -0.15) is 0 Å². The first-order valence-electron chi connectivity index (χ1n) is 9.57. The van der Waals surface area contributed by atoms with Gasteiger partial charge in [0.2, 0.25) is 11.8 Å². The highest BCUT2D eigenvalue weighted by Gasteiger charge is 2.37. The van der Waals surface area contributed by atoms with Gasteiger partial charge in [0.05, 0.1) is 5.92 Å². The van der Waals surface area contributed by atoms with Gasteiger partial charge < -0.3 is 15.5 Å². The lowest BCUT2D eigenvalue weighted by atomic mass is 10.00. The van der Waals surface area contributed by atoms with Gasteiger partial charge in [-0.05, 0) is 31.2 Å². The molecule has 1 aliphatic carbocycles. The van der Waals surface area contributed by atoms with Crippen LogP contribution in [-0.4, -0.2) is 53.3 Å². The molecule has 0 bridgehead atoms. The Bertz CT molecular complexity index is 654. The van der Waals surface area contributed by atoms with Crippen LogP contribution in [0.25, 0.3) is 6.08 Å². The molecule has 2 amide bonds. The Morgan fingerprint density at radius 1 is 1.15 bits per heavy atom. The topological polar surface area (TPSA) is 66.6 Å². The Balaban J connectivity index is 1.66. The third kappa shape index (κ3) is 4.94. The fourth-order valence-electron chi connectivity index (χ4n) is 3.59. The fraction of sp³-hybridized carbons (Fsp3) is 0.524. The van der Waals surface area contributed by atoms with E-state index in [2.05, 4.69) is 24.3 Å². The molecule has 3 rings (SSSR count). The third-order valence-electron chi connectivity index (χ3n) is 5.26. The lowest BCUT2D eigenvalue weighted by Crippen LogP contribution is -2.44. The van der Waals surface area contributed by atoms with Gasteiger partial charge in [0, 0.05) is 38.6 Å². The van der Waals surface area contributed by atoms with Gasteiger partial charge in [-0.1, -0.05) is 42.5 Å². The zero-order valence-corrected chi connectivity index (χ0v) is 15.5. The predicted octanol–water partition coefficient (Wildman–Crippen LogP) is 2.28. The number of rotatable bonds is 5. The van der Waals surface area contributed by atoms with Gasteiger partial charge in [0.1, 0.15) is 0 Å². The molecule has 1 saturated heterocycles. The highest BCUT2D eigenvalue weighted by Crippen LogP contribution is 2.30. The van der Waals surface area contributed by atoms with E-state index in [1.165, 1.54) is 0 Å². The number of amides is 2. The third-order valence-corrected chi connectivity index (χ3v) is 5.26. The van der Waals surface area contributed by atoms with Gasteiger partial charge in [-0.15, -0.1) is 0 Å². The number of hydrogen-bond donors (Lipinski definition) is 1. The second kappa shape index (κ2) is 8.49. The van der Waals surface area contributed by atoms with Crippen molar-refractivity contribution in [3.8, 4) is 0 Å². The summed E-state index contributed by atoms with van der Waals surface area (Å²) in [5.74, 6) is 0.0332. The van der Waals surface area contributed by atoms with Crippen LogP contribution in [0.5, 0.6) is 0 Å². The largest absolute Gasteiger partial charge is 0.341 e. The van der Waals surface area contributed by atoms with E-state index < -0.39 is 0 Å². The quantitative estimate of drug-likeness (QED) is 0.881. The number of nitrogens with zero attached hydrogens (tertiary/aromatic N) is 2. The Morgan fingerprint density at radius 2 is 1.88 bits per heavy atom. The zero-order valence-electron chi connectivity index (χ0n) is 15.5. The minimum absolute atomic E-state index is 0.00194. The highest BCUT2D eigenvalue weighted by molar-refractivity contribution is 5.81. The molecule has 140 valence electrons. The molecule has 26 heavy (non-hydrogen) atoms. The molecule has 0 aromatic heterocycles. The van der Waals surface area contributed by atoms with Crippen molar-refractivity contribution in [1.29, 1.82) is 0 Å². The maximum Gasteiger partial charge on any atom is 0.228 e. The van der Waals surface area contributed by atoms with E-state index in [0.29, 0.717) is 25.7 Å². The van der Waals surface area contributed by atoms with Crippen molar-refractivity contribution in [2.24, 2.45) is 11.7 Å². The Hall–Kier alpha value is -2.14. The fourth-order valence-corrected chi connectivity index (χ4v) is 3.59. The van der Waals surface area contributed by atoms with E-state index in [0.717, 1.165) is 31.2 Å². The summed E-state index contributed by atoms with van der Waals surface area (Å²) in [7, 11) is 0. The lowest BCUT2D eigenvalue weighted by Gasteiger charge is -2.28. The molecular formula is C21H29N3O2. The summed E-state index contributed by atoms with van der Waals surface area (Å²) in [4.78, 5) is 28.7. The van der Waals surface area contributed by atoms with Crippen molar-refractivity contribution in [2.75, 3.05) is 19.6 Å². The number of nitrogens with two attached hydrogens (primary N) is 1. The molecule has 1 aliphatic heterocycles. The summed E-state index contributed by atoms with van der Waals surface area (Å²) in [6.45, 7) is 3.23. The summed E-state index contributed by atoms with van der Waals surface area (Å²) in [5, 5.41) is 0. The van der Waals surface area contributed by atoms with Crippen LogP contribution in [0.15, 0.2) is 36.4 Å². The van der Waals surface area contributed by atoms with E-state index in [1.54, 1.807) is 11.8 Å². The van der Waals surface area contributed by atoms with E-state index in [9.17, 15) is 9.59 Å². The molecule has 5 heteroatoms. The summed E-state index contributed by atoms with van der Waals surface area (Å²) in [5.41, 5.74) is 7.23. The van der Waals surface area contributed by atoms with E-state index in [4.69, 9.17) is 5.73 Å². The van der Waals surface area contributed by atoms with Crippen molar-refractivity contribution in [3.05, 3.63) is 42.0 Å². The smallest absolute Gasteiger partial charge is 0.228 e. The van der Waals surface area contributed by atoms with Crippen LogP contribution in [0.4, 0.5) is 0 Å². The monoisotopic (exact) mass is 355 g/mol.